The molecule has 0 atom stereocenters. The highest BCUT2D eigenvalue weighted by Crippen LogP contribution is 2.30. The first kappa shape index (κ1) is 12.0. The molecule has 0 bridgehead atoms. The second kappa shape index (κ2) is 4.10. The quantitative estimate of drug-likeness (QED) is 0.778. The summed E-state index contributed by atoms with van der Waals surface area (Å²) in [7, 11) is 0. The molecule has 2 heteroatoms. The van der Waals surface area contributed by atoms with Crippen molar-refractivity contribution >= 4 is 11.4 Å². The van der Waals surface area contributed by atoms with Gasteiger partial charge < -0.3 is 0 Å². The molecular weight excluding hydrogens is 210 g/mol. The van der Waals surface area contributed by atoms with Gasteiger partial charge in [0.15, 0.2) is 5.78 Å². The van der Waals surface area contributed by atoms with E-state index in [2.05, 4.69) is 37.9 Å². The van der Waals surface area contributed by atoms with E-state index in [1.54, 1.807) is 0 Å². The molecule has 90 valence electrons. The summed E-state index contributed by atoms with van der Waals surface area (Å²) >= 11 is 0. The van der Waals surface area contributed by atoms with Gasteiger partial charge in [-0.1, -0.05) is 39.8 Å². The third kappa shape index (κ3) is 2.17. The maximum absolute atomic E-state index is 11.8. The zero-order chi connectivity index (χ0) is 12.6. The Bertz CT molecular complexity index is 492. The summed E-state index contributed by atoms with van der Waals surface area (Å²) in [6.45, 7) is 8.32. The standard InChI is InChI=1S/C15H19NO/c1-5-12(17)11-8-6-10-7-9-13(15(2,3)4)16-14(10)11/h7-9H,5-6H2,1-4H3. The van der Waals surface area contributed by atoms with Crippen molar-refractivity contribution in [2.45, 2.75) is 46.0 Å². The van der Waals surface area contributed by atoms with E-state index in [1.165, 1.54) is 5.56 Å². The predicted octanol–water partition coefficient (Wildman–Crippen LogP) is 3.30. The Morgan fingerprint density at radius 3 is 2.65 bits per heavy atom. The normalized spacial score (nSPS) is 14.5. The lowest BCUT2D eigenvalue weighted by molar-refractivity contribution is -0.113. The Labute approximate surface area is 103 Å². The van der Waals surface area contributed by atoms with E-state index in [0.29, 0.717) is 6.42 Å². The highest BCUT2D eigenvalue weighted by molar-refractivity contribution is 6.21. The molecule has 0 radical (unpaired) electrons. The lowest BCUT2D eigenvalue weighted by atomic mass is 9.91. The second-order valence-corrected chi connectivity index (χ2v) is 5.55. The predicted molar refractivity (Wildman–Crippen MR) is 69.9 cm³/mol. The Morgan fingerprint density at radius 2 is 2.06 bits per heavy atom. The minimum Gasteiger partial charge on any atom is -0.294 e. The number of hydrogen-bond donors (Lipinski definition) is 0. The number of carbonyl (C=O) groups is 1. The molecule has 1 aliphatic rings. The molecule has 2 nitrogen and oxygen atoms in total. The van der Waals surface area contributed by atoms with Gasteiger partial charge in [-0.3, -0.25) is 9.78 Å². The lowest BCUT2D eigenvalue weighted by Gasteiger charge is -2.19. The minimum atomic E-state index is 0.0258. The van der Waals surface area contributed by atoms with Crippen LogP contribution in [0.2, 0.25) is 0 Å². The van der Waals surface area contributed by atoms with Crippen LogP contribution in [0.5, 0.6) is 0 Å². The minimum absolute atomic E-state index is 0.0258. The van der Waals surface area contributed by atoms with Crippen molar-refractivity contribution in [2.75, 3.05) is 0 Å². The fourth-order valence-electron chi connectivity index (χ4n) is 2.05. The number of nitrogens with zero attached hydrogens (tertiary/aromatic N) is 1. The topological polar surface area (TPSA) is 30.0 Å². The summed E-state index contributed by atoms with van der Waals surface area (Å²) in [6.07, 6.45) is 3.40. The van der Waals surface area contributed by atoms with Gasteiger partial charge in [0.25, 0.3) is 0 Å². The Balaban J connectivity index is 2.46. The fraction of sp³-hybridized carbons (Fsp3) is 0.467. The molecule has 0 N–H and O–H groups in total. The average Bonchev–Trinajstić information content (AvgIpc) is 2.69. The maximum atomic E-state index is 11.8. The van der Waals surface area contributed by atoms with E-state index < -0.39 is 0 Å². The van der Waals surface area contributed by atoms with Crippen LogP contribution in [0.1, 0.15) is 51.1 Å². The van der Waals surface area contributed by atoms with Crippen LogP contribution in [-0.2, 0) is 16.6 Å². The van der Waals surface area contributed by atoms with E-state index in [9.17, 15) is 4.79 Å². The average molecular weight is 229 g/mol. The number of hydrogen-bond acceptors (Lipinski definition) is 2. The number of ketones is 1. The Kier molecular flexibility index (Phi) is 2.90. The van der Waals surface area contributed by atoms with Crippen LogP contribution in [0.3, 0.4) is 0 Å². The first-order valence-corrected chi connectivity index (χ1v) is 6.17. The van der Waals surface area contributed by atoms with Crippen molar-refractivity contribution < 1.29 is 4.79 Å². The van der Waals surface area contributed by atoms with Gasteiger partial charge in [-0.25, -0.2) is 0 Å². The molecule has 0 amide bonds. The third-order valence-corrected chi connectivity index (χ3v) is 3.15. The van der Waals surface area contributed by atoms with Crippen LogP contribution < -0.4 is 0 Å². The monoisotopic (exact) mass is 229 g/mol. The molecule has 0 aliphatic heterocycles. The van der Waals surface area contributed by atoms with Crippen molar-refractivity contribution in [3.8, 4) is 0 Å². The summed E-state index contributed by atoms with van der Waals surface area (Å²) in [4.78, 5) is 16.5. The van der Waals surface area contributed by atoms with Gasteiger partial charge >= 0.3 is 0 Å². The number of pyridine rings is 1. The molecule has 1 aromatic heterocycles. The van der Waals surface area contributed by atoms with Crippen LogP contribution in [0.4, 0.5) is 0 Å². The van der Waals surface area contributed by atoms with Crippen molar-refractivity contribution in [3.63, 3.8) is 0 Å². The SMILES string of the molecule is CCC(=O)C1=CCc2ccc(C(C)(C)C)nc21. The molecule has 17 heavy (non-hydrogen) atoms. The number of allylic oxidation sites excluding steroid dienone is 2. The summed E-state index contributed by atoms with van der Waals surface area (Å²) < 4.78 is 0. The van der Waals surface area contributed by atoms with Crippen molar-refractivity contribution in [3.05, 3.63) is 35.2 Å². The Hall–Kier alpha value is -1.44. The first-order valence-electron chi connectivity index (χ1n) is 6.17. The van der Waals surface area contributed by atoms with Gasteiger partial charge in [-0.15, -0.1) is 0 Å². The first-order chi connectivity index (χ1) is 7.93. The van der Waals surface area contributed by atoms with Gasteiger partial charge in [-0.05, 0) is 18.1 Å². The summed E-state index contributed by atoms with van der Waals surface area (Å²) in [5, 5.41) is 0. The van der Waals surface area contributed by atoms with Crippen LogP contribution in [0, 0.1) is 0 Å². The molecule has 0 aromatic carbocycles. The number of rotatable bonds is 2. The van der Waals surface area contributed by atoms with E-state index in [0.717, 1.165) is 23.4 Å². The molecule has 0 fully saturated rings. The molecule has 0 saturated carbocycles. The van der Waals surface area contributed by atoms with E-state index in [4.69, 9.17) is 0 Å². The zero-order valence-electron chi connectivity index (χ0n) is 11.0. The molecule has 0 saturated heterocycles. The van der Waals surface area contributed by atoms with Crippen molar-refractivity contribution in [1.29, 1.82) is 0 Å². The van der Waals surface area contributed by atoms with E-state index in [-0.39, 0.29) is 11.2 Å². The fourth-order valence-corrected chi connectivity index (χ4v) is 2.05. The lowest BCUT2D eigenvalue weighted by Crippen LogP contribution is -2.15. The summed E-state index contributed by atoms with van der Waals surface area (Å²) in [5.74, 6) is 0.197. The zero-order valence-corrected chi connectivity index (χ0v) is 11.0. The van der Waals surface area contributed by atoms with Crippen LogP contribution >= 0.6 is 0 Å². The van der Waals surface area contributed by atoms with Gasteiger partial charge in [0.1, 0.15) is 0 Å². The van der Waals surface area contributed by atoms with Crippen LogP contribution in [0.25, 0.3) is 5.57 Å². The van der Waals surface area contributed by atoms with Gasteiger partial charge in [0, 0.05) is 23.1 Å². The molecule has 0 spiro atoms. The van der Waals surface area contributed by atoms with E-state index >= 15 is 0 Å². The molecular formula is C15H19NO. The highest BCUT2D eigenvalue weighted by Gasteiger charge is 2.23. The van der Waals surface area contributed by atoms with Crippen molar-refractivity contribution in [1.82, 2.24) is 4.98 Å². The molecule has 1 aliphatic carbocycles. The number of fused-ring (bicyclic) bond motifs is 1. The third-order valence-electron chi connectivity index (χ3n) is 3.15. The summed E-state index contributed by atoms with van der Waals surface area (Å²) in [6, 6.07) is 4.18. The van der Waals surface area contributed by atoms with Gasteiger partial charge in [-0.2, -0.15) is 0 Å². The molecule has 2 rings (SSSR count). The highest BCUT2D eigenvalue weighted by atomic mass is 16.1. The molecule has 1 aromatic rings. The maximum Gasteiger partial charge on any atom is 0.164 e. The smallest absolute Gasteiger partial charge is 0.164 e. The molecule has 1 heterocycles. The summed E-state index contributed by atoms with van der Waals surface area (Å²) in [5.41, 5.74) is 3.97. The molecule has 0 unspecified atom stereocenters. The van der Waals surface area contributed by atoms with Gasteiger partial charge in [0.05, 0.1) is 5.69 Å². The van der Waals surface area contributed by atoms with Crippen LogP contribution in [-0.4, -0.2) is 10.8 Å². The largest absolute Gasteiger partial charge is 0.294 e. The number of aromatic nitrogens is 1. The number of carbonyl (C=O) groups excluding carboxylic acids is 1. The van der Waals surface area contributed by atoms with E-state index in [1.807, 2.05) is 13.0 Å². The number of Topliss-reactive ketones (excluding diaryl/α,β-unsaturated/α-hetero) is 1. The van der Waals surface area contributed by atoms with Gasteiger partial charge in [0.2, 0.25) is 0 Å². The Morgan fingerprint density at radius 1 is 1.35 bits per heavy atom. The van der Waals surface area contributed by atoms with Crippen molar-refractivity contribution in [2.24, 2.45) is 0 Å². The van der Waals surface area contributed by atoms with Crippen LogP contribution in [0.15, 0.2) is 18.2 Å². The second-order valence-electron chi connectivity index (χ2n) is 5.55.